The van der Waals surface area contributed by atoms with Gasteiger partial charge in [-0.25, -0.2) is 12.8 Å². The van der Waals surface area contributed by atoms with E-state index >= 15 is 0 Å². The van der Waals surface area contributed by atoms with Gasteiger partial charge in [0.2, 0.25) is 9.84 Å². The molecule has 0 unspecified atom stereocenters. The van der Waals surface area contributed by atoms with E-state index in [-0.39, 0.29) is 15.5 Å². The van der Waals surface area contributed by atoms with E-state index in [2.05, 4.69) is 0 Å². The van der Waals surface area contributed by atoms with Crippen molar-refractivity contribution in [3.63, 3.8) is 0 Å². The van der Waals surface area contributed by atoms with E-state index in [1.165, 1.54) is 17.2 Å². The molecule has 0 N–H and O–H groups in total. The average Bonchev–Trinajstić information content (AvgIpc) is 2.70. The number of anilines is 2. The quantitative estimate of drug-likeness (QED) is 0.650. The molecule has 1 amide bonds. The van der Waals surface area contributed by atoms with Crippen molar-refractivity contribution in [2.24, 2.45) is 0 Å². The topological polar surface area (TPSA) is 57.7 Å². The molecule has 8 heteroatoms. The Balaban J connectivity index is 1.89. The van der Waals surface area contributed by atoms with Crippen molar-refractivity contribution < 1.29 is 17.6 Å². The van der Waals surface area contributed by atoms with Crippen LogP contribution in [-0.2, 0) is 14.6 Å². The van der Waals surface area contributed by atoms with E-state index in [1.807, 2.05) is 6.92 Å². The summed E-state index contributed by atoms with van der Waals surface area (Å²) in [6.07, 6.45) is 4.00. The molecule has 0 aliphatic carbocycles. The molecular weight excluding hydrogens is 415 g/mol. The number of hydrogen-bond donors (Lipinski definition) is 0. The predicted molar refractivity (Wildman–Crippen MR) is 110 cm³/mol. The molecule has 0 aromatic heterocycles. The fourth-order valence-electron chi connectivity index (χ4n) is 3.65. The summed E-state index contributed by atoms with van der Waals surface area (Å²) in [6.45, 7) is 2.90. The first-order valence-electron chi connectivity index (χ1n) is 9.40. The van der Waals surface area contributed by atoms with Crippen LogP contribution >= 0.6 is 11.6 Å². The molecule has 4 rings (SSSR count). The summed E-state index contributed by atoms with van der Waals surface area (Å²) in [7, 11) is -4.08. The lowest BCUT2D eigenvalue weighted by Crippen LogP contribution is -2.39. The third kappa shape index (κ3) is 3.53. The van der Waals surface area contributed by atoms with E-state index in [1.54, 1.807) is 23.1 Å². The Kier molecular flexibility index (Phi) is 5.12. The molecule has 2 aliphatic heterocycles. The van der Waals surface area contributed by atoms with Crippen LogP contribution in [0.25, 0.3) is 0 Å². The number of rotatable bonds is 2. The maximum absolute atomic E-state index is 14.0. The van der Waals surface area contributed by atoms with Gasteiger partial charge in [-0.2, -0.15) is 0 Å². The van der Waals surface area contributed by atoms with E-state index in [0.717, 1.165) is 37.0 Å². The Bertz CT molecular complexity index is 1120. The summed E-state index contributed by atoms with van der Waals surface area (Å²) in [5.41, 5.74) is 1.56. The zero-order valence-electron chi connectivity index (χ0n) is 15.9. The van der Waals surface area contributed by atoms with Crippen molar-refractivity contribution in [3.05, 3.63) is 63.9 Å². The van der Waals surface area contributed by atoms with E-state index < -0.39 is 21.6 Å². The molecule has 0 atom stereocenters. The van der Waals surface area contributed by atoms with Crippen LogP contribution in [0.4, 0.5) is 15.8 Å². The van der Waals surface area contributed by atoms with Gasteiger partial charge in [-0.1, -0.05) is 17.7 Å². The Morgan fingerprint density at radius 2 is 1.79 bits per heavy atom. The molecule has 0 bridgehead atoms. The van der Waals surface area contributed by atoms with Crippen LogP contribution in [0.5, 0.6) is 0 Å². The summed E-state index contributed by atoms with van der Waals surface area (Å²) in [6, 6.07) is 8.67. The van der Waals surface area contributed by atoms with Crippen LogP contribution in [0.2, 0.25) is 5.02 Å². The maximum atomic E-state index is 14.0. The zero-order valence-corrected chi connectivity index (χ0v) is 17.4. The second kappa shape index (κ2) is 7.46. The molecule has 0 saturated carbocycles. The normalized spacial score (nSPS) is 18.2. The Labute approximate surface area is 174 Å². The number of hydrogen-bond acceptors (Lipinski definition) is 4. The van der Waals surface area contributed by atoms with Crippen molar-refractivity contribution in [1.29, 1.82) is 0 Å². The second-order valence-corrected chi connectivity index (χ2v) is 9.56. The van der Waals surface area contributed by atoms with Crippen LogP contribution in [-0.4, -0.2) is 32.3 Å². The molecule has 152 valence electrons. The molecule has 1 saturated heterocycles. The van der Waals surface area contributed by atoms with Gasteiger partial charge in [-0.3, -0.25) is 4.79 Å². The maximum Gasteiger partial charge on any atom is 0.267 e. The summed E-state index contributed by atoms with van der Waals surface area (Å²) >= 11 is 6.25. The molecule has 2 aliphatic rings. The number of halogens is 2. The van der Waals surface area contributed by atoms with Crippen LogP contribution in [0.1, 0.15) is 24.8 Å². The number of carbonyl (C=O) groups is 1. The number of piperidine rings is 1. The number of fused-ring (bicyclic) bond motifs is 1. The SMILES string of the molecule is Cc1ccc(N2C=C(C(=O)N3CCCCC3)S(=O)(=O)c3ccc(F)cc32)cc1Cl. The highest BCUT2D eigenvalue weighted by atomic mass is 35.5. The fraction of sp³-hybridized carbons (Fsp3) is 0.286. The number of carbonyl (C=O) groups excluding carboxylic acids is 1. The van der Waals surface area contributed by atoms with E-state index in [0.29, 0.717) is 23.8 Å². The lowest BCUT2D eigenvalue weighted by molar-refractivity contribution is -0.127. The fourth-order valence-corrected chi connectivity index (χ4v) is 5.34. The third-order valence-corrected chi connectivity index (χ3v) is 7.48. The largest absolute Gasteiger partial charge is 0.338 e. The highest BCUT2D eigenvalue weighted by Gasteiger charge is 2.38. The van der Waals surface area contributed by atoms with E-state index in [9.17, 15) is 17.6 Å². The second-order valence-electron chi connectivity index (χ2n) is 7.27. The van der Waals surface area contributed by atoms with Crippen molar-refractivity contribution in [2.75, 3.05) is 18.0 Å². The molecular formula is C21H20ClFN2O3S. The monoisotopic (exact) mass is 434 g/mol. The van der Waals surface area contributed by atoms with Gasteiger partial charge in [-0.15, -0.1) is 0 Å². The molecule has 0 radical (unpaired) electrons. The lowest BCUT2D eigenvalue weighted by Gasteiger charge is -2.32. The van der Waals surface area contributed by atoms with Crippen molar-refractivity contribution in [3.8, 4) is 0 Å². The molecule has 1 fully saturated rings. The third-order valence-electron chi connectivity index (χ3n) is 5.29. The number of benzene rings is 2. The number of likely N-dealkylation sites (tertiary alicyclic amines) is 1. The Morgan fingerprint density at radius 3 is 2.48 bits per heavy atom. The summed E-state index contributed by atoms with van der Waals surface area (Å²) < 4.78 is 40.4. The smallest absolute Gasteiger partial charge is 0.267 e. The van der Waals surface area contributed by atoms with Gasteiger partial charge in [0.05, 0.1) is 10.6 Å². The van der Waals surface area contributed by atoms with Gasteiger partial charge in [-0.05, 0) is 62.1 Å². The predicted octanol–water partition coefficient (Wildman–Crippen LogP) is 4.57. The summed E-state index contributed by atoms with van der Waals surface area (Å²) in [4.78, 5) is 15.8. The molecule has 2 heterocycles. The van der Waals surface area contributed by atoms with E-state index in [4.69, 9.17) is 11.6 Å². The lowest BCUT2D eigenvalue weighted by atomic mass is 10.1. The van der Waals surface area contributed by atoms with Crippen LogP contribution in [0.15, 0.2) is 52.4 Å². The number of aryl methyl sites for hydroxylation is 1. The minimum absolute atomic E-state index is 0.0987. The van der Waals surface area contributed by atoms with Gasteiger partial charge in [0.25, 0.3) is 5.91 Å². The van der Waals surface area contributed by atoms with Gasteiger partial charge < -0.3 is 9.80 Å². The first-order valence-corrected chi connectivity index (χ1v) is 11.3. The number of sulfone groups is 1. The van der Waals surface area contributed by atoms with Crippen molar-refractivity contribution in [1.82, 2.24) is 4.90 Å². The number of amides is 1. The number of nitrogens with zero attached hydrogens (tertiary/aromatic N) is 2. The minimum Gasteiger partial charge on any atom is -0.338 e. The van der Waals surface area contributed by atoms with Gasteiger partial charge in [0.15, 0.2) is 4.91 Å². The van der Waals surface area contributed by atoms with Crippen molar-refractivity contribution >= 4 is 38.7 Å². The Hall–Kier alpha value is -2.38. The van der Waals surface area contributed by atoms with Gasteiger partial charge in [0.1, 0.15) is 5.82 Å². The van der Waals surface area contributed by atoms with Crippen molar-refractivity contribution in [2.45, 2.75) is 31.1 Å². The summed E-state index contributed by atoms with van der Waals surface area (Å²) in [5.74, 6) is -1.09. The molecule has 5 nitrogen and oxygen atoms in total. The van der Waals surface area contributed by atoms with Crippen LogP contribution < -0.4 is 4.90 Å². The first kappa shape index (κ1) is 19.9. The molecule has 2 aromatic rings. The Morgan fingerprint density at radius 1 is 1.07 bits per heavy atom. The van der Waals surface area contributed by atoms with Gasteiger partial charge in [0, 0.05) is 30.0 Å². The standard InChI is InChI=1S/C21H20ClFN2O3S/c1-14-5-7-16(12-17(14)22)25-13-20(21(26)24-9-3-2-4-10-24)29(27,28)19-8-6-15(23)11-18(19)25/h5-8,11-13H,2-4,9-10H2,1H3. The van der Waals surface area contributed by atoms with Crippen LogP contribution in [0, 0.1) is 12.7 Å². The zero-order chi connectivity index (χ0) is 20.8. The van der Waals surface area contributed by atoms with Crippen LogP contribution in [0.3, 0.4) is 0 Å². The van der Waals surface area contributed by atoms with Gasteiger partial charge >= 0.3 is 0 Å². The molecule has 0 spiro atoms. The summed E-state index contributed by atoms with van der Waals surface area (Å²) in [5, 5.41) is 0.492. The highest BCUT2D eigenvalue weighted by molar-refractivity contribution is 7.96. The highest BCUT2D eigenvalue weighted by Crippen LogP contribution is 2.41. The first-order chi connectivity index (χ1) is 13.8. The molecule has 2 aromatic carbocycles. The minimum atomic E-state index is -4.08. The molecule has 29 heavy (non-hydrogen) atoms. The average molecular weight is 435 g/mol.